The second kappa shape index (κ2) is 5.28. The Bertz CT molecular complexity index is 911. The third-order valence-electron chi connectivity index (χ3n) is 3.74. The van der Waals surface area contributed by atoms with Gasteiger partial charge in [0.25, 0.3) is 5.91 Å². The average Bonchev–Trinajstić information content (AvgIpc) is 3.01. The molecule has 4 rings (SSSR count). The highest BCUT2D eigenvalue weighted by atomic mass is 19.1. The van der Waals surface area contributed by atoms with Crippen LogP contribution in [0.4, 0.5) is 10.2 Å². The number of hydrogen-bond donors (Lipinski definition) is 0. The van der Waals surface area contributed by atoms with E-state index < -0.39 is 0 Å². The molecule has 5 heteroatoms. The van der Waals surface area contributed by atoms with Gasteiger partial charge in [0.15, 0.2) is 5.82 Å². The van der Waals surface area contributed by atoms with Crippen LogP contribution in [0.5, 0.6) is 0 Å². The molecule has 0 bridgehead atoms. The first-order valence-corrected chi connectivity index (χ1v) is 7.23. The molecular formula is C18H12FN3O. The lowest BCUT2D eigenvalue weighted by molar-refractivity contribution is 0.0906. The highest BCUT2D eigenvalue weighted by molar-refractivity contribution is 6.14. The fourth-order valence-electron chi connectivity index (χ4n) is 2.59. The number of halogens is 1. The minimum Gasteiger partial charge on any atom is -0.272 e. The number of hydrogen-bond acceptors (Lipinski definition) is 3. The summed E-state index contributed by atoms with van der Waals surface area (Å²) in [4.78, 5) is 16.9. The molecule has 0 unspecified atom stereocenters. The van der Waals surface area contributed by atoms with Crippen molar-refractivity contribution < 1.29 is 9.18 Å². The van der Waals surface area contributed by atoms with Gasteiger partial charge in [-0.3, -0.25) is 4.79 Å². The molecule has 0 saturated carbocycles. The Morgan fingerprint density at radius 3 is 2.43 bits per heavy atom. The summed E-state index contributed by atoms with van der Waals surface area (Å²) in [5.41, 5.74) is 3.01. The van der Waals surface area contributed by atoms with Crippen molar-refractivity contribution in [2.75, 3.05) is 0 Å². The molecule has 4 nitrogen and oxygen atoms in total. The summed E-state index contributed by atoms with van der Waals surface area (Å²) in [6.45, 7) is 0. The van der Waals surface area contributed by atoms with Crippen LogP contribution in [0.15, 0.2) is 65.7 Å². The third kappa shape index (κ3) is 2.46. The van der Waals surface area contributed by atoms with Crippen molar-refractivity contribution in [1.82, 2.24) is 9.78 Å². The summed E-state index contributed by atoms with van der Waals surface area (Å²) in [7, 11) is 0. The molecular weight excluding hydrogens is 293 g/mol. The van der Waals surface area contributed by atoms with Crippen LogP contribution in [0.2, 0.25) is 0 Å². The maximum atomic E-state index is 13.0. The quantitative estimate of drug-likeness (QED) is 0.722. The Balaban J connectivity index is 1.77. The monoisotopic (exact) mass is 305 g/mol. The molecule has 23 heavy (non-hydrogen) atoms. The lowest BCUT2D eigenvalue weighted by Gasteiger charge is -2.12. The number of aliphatic imine (C=N–C) groups is 1. The third-order valence-corrected chi connectivity index (χ3v) is 3.74. The number of fused-ring (bicyclic) bond motifs is 1. The van der Waals surface area contributed by atoms with Gasteiger partial charge in [0.1, 0.15) is 5.82 Å². The standard InChI is InChI=1S/C18H12FN3O/c19-14-8-6-13(7-9-14)16-10-17-20-15(11-18(23)22(17)21-16)12-4-2-1-3-5-12/h1-10H,11H2. The predicted molar refractivity (Wildman–Crippen MR) is 85.5 cm³/mol. The van der Waals surface area contributed by atoms with Crippen LogP contribution >= 0.6 is 0 Å². The molecule has 0 amide bonds. The largest absolute Gasteiger partial charge is 0.272 e. The summed E-state index contributed by atoms with van der Waals surface area (Å²) in [6, 6.07) is 17.4. The summed E-state index contributed by atoms with van der Waals surface area (Å²) in [5.74, 6) is 0.0693. The van der Waals surface area contributed by atoms with Gasteiger partial charge in [-0.1, -0.05) is 30.3 Å². The van der Waals surface area contributed by atoms with Crippen LogP contribution in [0, 0.1) is 5.82 Å². The molecule has 0 spiro atoms. The Labute approximate surface area is 131 Å². The van der Waals surface area contributed by atoms with Crippen LogP contribution in [-0.4, -0.2) is 21.4 Å². The number of aromatic nitrogens is 2. The molecule has 112 valence electrons. The van der Waals surface area contributed by atoms with Gasteiger partial charge in [-0.2, -0.15) is 9.78 Å². The smallest absolute Gasteiger partial charge is 0.254 e. The first-order chi connectivity index (χ1) is 11.2. The van der Waals surface area contributed by atoms with E-state index in [-0.39, 0.29) is 18.1 Å². The van der Waals surface area contributed by atoms with Gasteiger partial charge in [-0.15, -0.1) is 0 Å². The van der Waals surface area contributed by atoms with Crippen molar-refractivity contribution in [3.8, 4) is 11.3 Å². The van der Waals surface area contributed by atoms with Crippen molar-refractivity contribution in [3.63, 3.8) is 0 Å². The van der Waals surface area contributed by atoms with Crippen molar-refractivity contribution in [3.05, 3.63) is 72.0 Å². The van der Waals surface area contributed by atoms with Gasteiger partial charge < -0.3 is 0 Å². The van der Waals surface area contributed by atoms with Crippen molar-refractivity contribution in [2.24, 2.45) is 4.99 Å². The lowest BCUT2D eigenvalue weighted by Crippen LogP contribution is -2.21. The van der Waals surface area contributed by atoms with Gasteiger partial charge in [-0.25, -0.2) is 9.38 Å². The molecule has 0 atom stereocenters. The van der Waals surface area contributed by atoms with Gasteiger partial charge in [0.2, 0.25) is 0 Å². The molecule has 1 aromatic heterocycles. The highest BCUT2D eigenvalue weighted by Crippen LogP contribution is 2.28. The Morgan fingerprint density at radius 2 is 1.70 bits per heavy atom. The van der Waals surface area contributed by atoms with E-state index in [2.05, 4.69) is 10.1 Å². The van der Waals surface area contributed by atoms with Crippen LogP contribution in [-0.2, 0) is 0 Å². The summed E-state index contributed by atoms with van der Waals surface area (Å²) >= 11 is 0. The number of carbonyl (C=O) groups is 1. The molecule has 0 N–H and O–H groups in total. The molecule has 3 aromatic rings. The highest BCUT2D eigenvalue weighted by Gasteiger charge is 2.23. The van der Waals surface area contributed by atoms with Crippen molar-refractivity contribution in [1.29, 1.82) is 0 Å². The van der Waals surface area contributed by atoms with Crippen LogP contribution < -0.4 is 0 Å². The first-order valence-electron chi connectivity index (χ1n) is 7.23. The minimum absolute atomic E-state index is 0.123. The van der Waals surface area contributed by atoms with Crippen LogP contribution in [0.25, 0.3) is 11.3 Å². The summed E-state index contributed by atoms with van der Waals surface area (Å²) in [6.07, 6.45) is 0.210. The molecule has 1 aliphatic heterocycles. The van der Waals surface area contributed by atoms with Crippen LogP contribution in [0.3, 0.4) is 0 Å². The topological polar surface area (TPSA) is 47.2 Å². The van der Waals surface area contributed by atoms with E-state index in [0.29, 0.717) is 11.5 Å². The molecule has 0 saturated heterocycles. The van der Waals surface area contributed by atoms with Crippen LogP contribution in [0.1, 0.15) is 16.8 Å². The van der Waals surface area contributed by atoms with E-state index in [9.17, 15) is 9.18 Å². The van der Waals surface area contributed by atoms with E-state index in [1.54, 1.807) is 18.2 Å². The normalized spacial score (nSPS) is 13.6. The van der Waals surface area contributed by atoms with E-state index in [4.69, 9.17) is 0 Å². The van der Waals surface area contributed by atoms with E-state index in [1.165, 1.54) is 16.8 Å². The second-order valence-corrected chi connectivity index (χ2v) is 5.30. The number of carbonyl (C=O) groups excluding carboxylic acids is 1. The Kier molecular flexibility index (Phi) is 3.12. The van der Waals surface area contributed by atoms with Gasteiger partial charge in [0.05, 0.1) is 17.8 Å². The fourth-order valence-corrected chi connectivity index (χ4v) is 2.59. The van der Waals surface area contributed by atoms with Gasteiger partial charge in [0, 0.05) is 11.6 Å². The van der Waals surface area contributed by atoms with Crippen molar-refractivity contribution >= 4 is 17.4 Å². The zero-order chi connectivity index (χ0) is 15.8. The zero-order valence-electron chi connectivity index (χ0n) is 12.1. The maximum Gasteiger partial charge on any atom is 0.254 e. The molecule has 2 heterocycles. The predicted octanol–water partition coefficient (Wildman–Crippen LogP) is 3.85. The van der Waals surface area contributed by atoms with E-state index in [0.717, 1.165) is 16.8 Å². The Morgan fingerprint density at radius 1 is 0.957 bits per heavy atom. The second-order valence-electron chi connectivity index (χ2n) is 5.30. The SMILES string of the molecule is O=C1CC(c2ccccc2)=Nc2cc(-c3ccc(F)cc3)nn21. The first kappa shape index (κ1) is 13.6. The summed E-state index contributed by atoms with van der Waals surface area (Å²) < 4.78 is 14.3. The van der Waals surface area contributed by atoms with E-state index >= 15 is 0 Å². The van der Waals surface area contributed by atoms with Gasteiger partial charge >= 0.3 is 0 Å². The molecule has 0 fully saturated rings. The molecule has 0 radical (unpaired) electrons. The fraction of sp³-hybridized carbons (Fsp3) is 0.0556. The lowest BCUT2D eigenvalue weighted by atomic mass is 10.1. The number of nitrogens with zero attached hydrogens (tertiary/aromatic N) is 3. The average molecular weight is 305 g/mol. The van der Waals surface area contributed by atoms with Crippen molar-refractivity contribution in [2.45, 2.75) is 6.42 Å². The molecule has 0 aliphatic carbocycles. The van der Waals surface area contributed by atoms with Gasteiger partial charge in [-0.05, 0) is 29.8 Å². The summed E-state index contributed by atoms with van der Waals surface area (Å²) in [5, 5.41) is 4.30. The van der Waals surface area contributed by atoms with E-state index in [1.807, 2.05) is 30.3 Å². The Hall–Kier alpha value is -3.08. The number of benzene rings is 2. The zero-order valence-corrected chi connectivity index (χ0v) is 12.1. The molecule has 1 aliphatic rings. The minimum atomic E-state index is -0.307. The number of rotatable bonds is 2. The molecule has 2 aromatic carbocycles. The maximum absolute atomic E-state index is 13.0.